The van der Waals surface area contributed by atoms with Crippen LogP contribution in [0.2, 0.25) is 0 Å². The molecule has 140 valence electrons. The monoisotopic (exact) mass is 357 g/mol. The molecule has 0 fully saturated rings. The van der Waals surface area contributed by atoms with E-state index in [4.69, 9.17) is 14.2 Å². The predicted octanol–water partition coefficient (Wildman–Crippen LogP) is 3.26. The van der Waals surface area contributed by atoms with Gasteiger partial charge in [0.25, 0.3) is 0 Å². The number of carbonyl (C=O) groups is 1. The van der Waals surface area contributed by atoms with Crippen LogP contribution >= 0.6 is 0 Å². The molecule has 0 aromatic heterocycles. The van der Waals surface area contributed by atoms with E-state index in [-0.39, 0.29) is 5.91 Å². The van der Waals surface area contributed by atoms with Crippen LogP contribution < -0.4 is 14.2 Å². The standard InChI is InChI=1S/C21H27NO4/c1-15-8-6-7-9-17(15)14-20(23)22(2)11-10-16-12-18(24-3)21(26-5)19(13-16)25-4/h6-9,12-13H,10-11,14H2,1-5H3. The number of methoxy groups -OCH3 is 3. The molecule has 0 aliphatic carbocycles. The van der Waals surface area contributed by atoms with Gasteiger partial charge < -0.3 is 19.1 Å². The number of rotatable bonds is 8. The number of nitrogens with zero attached hydrogens (tertiary/aromatic N) is 1. The fraction of sp³-hybridized carbons (Fsp3) is 0.381. The molecule has 5 nitrogen and oxygen atoms in total. The molecule has 0 aliphatic heterocycles. The molecule has 0 aliphatic rings. The third-order valence-electron chi connectivity index (χ3n) is 4.49. The molecule has 1 amide bonds. The summed E-state index contributed by atoms with van der Waals surface area (Å²) in [7, 11) is 6.61. The van der Waals surface area contributed by atoms with Gasteiger partial charge in [0.1, 0.15) is 0 Å². The van der Waals surface area contributed by atoms with E-state index in [2.05, 4.69) is 0 Å². The van der Waals surface area contributed by atoms with Crippen LogP contribution in [0.3, 0.4) is 0 Å². The second-order valence-electron chi connectivity index (χ2n) is 6.20. The van der Waals surface area contributed by atoms with E-state index >= 15 is 0 Å². The van der Waals surface area contributed by atoms with Gasteiger partial charge in [-0.15, -0.1) is 0 Å². The molecule has 0 N–H and O–H groups in total. The first-order chi connectivity index (χ1) is 12.5. The quantitative estimate of drug-likeness (QED) is 0.728. The van der Waals surface area contributed by atoms with Crippen LogP contribution in [0, 0.1) is 6.92 Å². The van der Waals surface area contributed by atoms with Crippen LogP contribution in [0.15, 0.2) is 36.4 Å². The molecular formula is C21H27NO4. The van der Waals surface area contributed by atoms with E-state index in [1.54, 1.807) is 26.2 Å². The molecule has 5 heteroatoms. The van der Waals surface area contributed by atoms with Gasteiger partial charge in [-0.05, 0) is 42.2 Å². The van der Waals surface area contributed by atoms with Crippen molar-refractivity contribution in [3.8, 4) is 17.2 Å². The lowest BCUT2D eigenvalue weighted by Crippen LogP contribution is -2.30. The largest absolute Gasteiger partial charge is 0.493 e. The lowest BCUT2D eigenvalue weighted by Gasteiger charge is -2.19. The maximum absolute atomic E-state index is 12.5. The van der Waals surface area contributed by atoms with Crippen molar-refractivity contribution in [1.82, 2.24) is 4.90 Å². The SMILES string of the molecule is COc1cc(CCN(C)C(=O)Cc2ccccc2C)cc(OC)c1OC. The summed E-state index contributed by atoms with van der Waals surface area (Å²) in [5, 5.41) is 0. The van der Waals surface area contributed by atoms with Gasteiger partial charge >= 0.3 is 0 Å². The Balaban J connectivity index is 2.03. The first kappa shape index (κ1) is 19.6. The molecule has 2 aromatic carbocycles. The molecule has 0 saturated carbocycles. The van der Waals surface area contributed by atoms with Gasteiger partial charge in [-0.1, -0.05) is 24.3 Å². The van der Waals surface area contributed by atoms with E-state index in [0.29, 0.717) is 36.6 Å². The van der Waals surface area contributed by atoms with Crippen molar-refractivity contribution >= 4 is 5.91 Å². The highest BCUT2D eigenvalue weighted by Crippen LogP contribution is 2.38. The fourth-order valence-corrected chi connectivity index (χ4v) is 2.81. The molecule has 0 bridgehead atoms. The van der Waals surface area contributed by atoms with Crippen LogP contribution in [0.1, 0.15) is 16.7 Å². The van der Waals surface area contributed by atoms with Crippen molar-refractivity contribution in [3.05, 3.63) is 53.1 Å². The topological polar surface area (TPSA) is 48.0 Å². The number of hydrogen-bond acceptors (Lipinski definition) is 4. The van der Waals surface area contributed by atoms with Gasteiger partial charge in [-0.25, -0.2) is 0 Å². The lowest BCUT2D eigenvalue weighted by atomic mass is 10.1. The van der Waals surface area contributed by atoms with Gasteiger partial charge in [-0.3, -0.25) is 4.79 Å². The van der Waals surface area contributed by atoms with Crippen molar-refractivity contribution in [2.45, 2.75) is 19.8 Å². The summed E-state index contributed by atoms with van der Waals surface area (Å²) in [5.41, 5.74) is 3.23. The number of hydrogen-bond donors (Lipinski definition) is 0. The highest BCUT2D eigenvalue weighted by atomic mass is 16.5. The van der Waals surface area contributed by atoms with E-state index < -0.39 is 0 Å². The van der Waals surface area contributed by atoms with Crippen LogP contribution in [-0.2, 0) is 17.6 Å². The van der Waals surface area contributed by atoms with Gasteiger partial charge in [0.05, 0.1) is 27.8 Å². The van der Waals surface area contributed by atoms with Gasteiger partial charge in [0.2, 0.25) is 11.7 Å². The number of ether oxygens (including phenoxy) is 3. The number of benzene rings is 2. The van der Waals surface area contributed by atoms with E-state index in [1.165, 1.54) is 0 Å². The van der Waals surface area contributed by atoms with E-state index in [0.717, 1.165) is 16.7 Å². The molecule has 0 heterocycles. The number of carbonyl (C=O) groups excluding carboxylic acids is 1. The van der Waals surface area contributed by atoms with Crippen LogP contribution in [0.25, 0.3) is 0 Å². The zero-order valence-electron chi connectivity index (χ0n) is 16.2. The Bertz CT molecular complexity index is 732. The zero-order valence-corrected chi connectivity index (χ0v) is 16.2. The maximum Gasteiger partial charge on any atom is 0.226 e. The van der Waals surface area contributed by atoms with E-state index in [9.17, 15) is 4.79 Å². The Hall–Kier alpha value is -2.69. The molecule has 0 radical (unpaired) electrons. The summed E-state index contributed by atoms with van der Waals surface area (Å²) in [4.78, 5) is 14.2. The minimum Gasteiger partial charge on any atom is -0.493 e. The van der Waals surface area contributed by atoms with Crippen molar-refractivity contribution in [1.29, 1.82) is 0 Å². The number of likely N-dealkylation sites (N-methyl/N-ethyl adjacent to an activating group) is 1. The molecule has 0 saturated heterocycles. The Morgan fingerprint density at radius 1 is 1.00 bits per heavy atom. The summed E-state index contributed by atoms with van der Waals surface area (Å²) in [5.74, 6) is 1.92. The van der Waals surface area contributed by atoms with Crippen LogP contribution in [0.5, 0.6) is 17.2 Å². The Labute approximate surface area is 155 Å². The third-order valence-corrected chi connectivity index (χ3v) is 4.49. The highest BCUT2D eigenvalue weighted by molar-refractivity contribution is 5.78. The molecule has 0 unspecified atom stereocenters. The summed E-state index contributed by atoms with van der Waals surface area (Å²) in [6, 6.07) is 11.8. The summed E-state index contributed by atoms with van der Waals surface area (Å²) in [6.45, 7) is 2.64. The normalized spacial score (nSPS) is 10.3. The predicted molar refractivity (Wildman–Crippen MR) is 102 cm³/mol. The summed E-state index contributed by atoms with van der Waals surface area (Å²) in [6.07, 6.45) is 1.12. The Kier molecular flexibility index (Phi) is 6.89. The summed E-state index contributed by atoms with van der Waals surface area (Å²) < 4.78 is 16.1. The number of aryl methyl sites for hydroxylation is 1. The van der Waals surface area contributed by atoms with Crippen LogP contribution in [-0.4, -0.2) is 45.7 Å². The van der Waals surface area contributed by atoms with Crippen molar-refractivity contribution in [3.63, 3.8) is 0 Å². The molecule has 0 atom stereocenters. The van der Waals surface area contributed by atoms with Gasteiger partial charge in [0.15, 0.2) is 11.5 Å². The Morgan fingerprint density at radius 2 is 1.62 bits per heavy atom. The first-order valence-electron chi connectivity index (χ1n) is 8.57. The highest BCUT2D eigenvalue weighted by Gasteiger charge is 2.15. The van der Waals surface area contributed by atoms with Gasteiger partial charge in [-0.2, -0.15) is 0 Å². The fourth-order valence-electron chi connectivity index (χ4n) is 2.81. The van der Waals surface area contributed by atoms with Crippen molar-refractivity contribution in [2.24, 2.45) is 0 Å². The average Bonchev–Trinajstić information content (AvgIpc) is 2.66. The average molecular weight is 357 g/mol. The zero-order chi connectivity index (χ0) is 19.1. The molecule has 26 heavy (non-hydrogen) atoms. The first-order valence-corrected chi connectivity index (χ1v) is 8.57. The lowest BCUT2D eigenvalue weighted by molar-refractivity contribution is -0.129. The molecular weight excluding hydrogens is 330 g/mol. The van der Waals surface area contributed by atoms with Crippen LogP contribution in [0.4, 0.5) is 0 Å². The van der Waals surface area contributed by atoms with E-state index in [1.807, 2.05) is 50.4 Å². The Morgan fingerprint density at radius 3 is 2.15 bits per heavy atom. The minimum absolute atomic E-state index is 0.103. The van der Waals surface area contributed by atoms with Crippen molar-refractivity contribution < 1.29 is 19.0 Å². The smallest absolute Gasteiger partial charge is 0.226 e. The molecule has 2 rings (SSSR count). The second kappa shape index (κ2) is 9.13. The number of amides is 1. The third kappa shape index (κ3) is 4.69. The summed E-state index contributed by atoms with van der Waals surface area (Å²) >= 11 is 0. The van der Waals surface area contributed by atoms with Crippen molar-refractivity contribution in [2.75, 3.05) is 34.9 Å². The van der Waals surface area contributed by atoms with Gasteiger partial charge in [0, 0.05) is 13.6 Å². The molecule has 2 aromatic rings. The maximum atomic E-state index is 12.5. The molecule has 0 spiro atoms. The second-order valence-corrected chi connectivity index (χ2v) is 6.20. The minimum atomic E-state index is 0.103.